The number of anilines is 1. The van der Waals surface area contributed by atoms with Crippen LogP contribution in [0.3, 0.4) is 0 Å². The maximum absolute atomic E-state index is 12.3. The van der Waals surface area contributed by atoms with Gasteiger partial charge in [0.2, 0.25) is 0 Å². The Morgan fingerprint density at radius 1 is 1.04 bits per heavy atom. The highest BCUT2D eigenvalue weighted by Gasteiger charge is 2.14. The fourth-order valence-electron chi connectivity index (χ4n) is 2.99. The first kappa shape index (κ1) is 19.3. The van der Waals surface area contributed by atoms with Crippen molar-refractivity contribution in [3.8, 4) is 0 Å². The van der Waals surface area contributed by atoms with E-state index in [0.717, 1.165) is 0 Å². The third-order valence-electron chi connectivity index (χ3n) is 4.33. The number of fused-ring (bicyclic) bond motifs is 1. The van der Waals surface area contributed by atoms with Crippen molar-refractivity contribution in [2.24, 2.45) is 0 Å². The van der Waals surface area contributed by atoms with Crippen LogP contribution in [0, 0.1) is 0 Å². The molecule has 0 bridgehead atoms. The number of thioether (sulfide) groups is 1. The SMILES string of the molecule is C[C@H]([NH2+]CC(=O)Nc1ccc(SC(F)F)cc1)c1cccc2ccccc12. The molecule has 0 unspecified atom stereocenters. The molecule has 0 aromatic heterocycles. The van der Waals surface area contributed by atoms with Gasteiger partial charge in [-0.1, -0.05) is 54.2 Å². The molecule has 6 heteroatoms. The van der Waals surface area contributed by atoms with Crippen LogP contribution < -0.4 is 10.6 Å². The molecule has 0 saturated heterocycles. The predicted molar refractivity (Wildman–Crippen MR) is 106 cm³/mol. The molecule has 3 N–H and O–H groups in total. The zero-order chi connectivity index (χ0) is 19.2. The lowest BCUT2D eigenvalue weighted by Crippen LogP contribution is -2.86. The average molecular weight is 387 g/mol. The third-order valence-corrected chi connectivity index (χ3v) is 5.06. The number of carbonyl (C=O) groups is 1. The molecule has 3 aromatic rings. The molecule has 1 amide bonds. The highest BCUT2D eigenvalue weighted by Crippen LogP contribution is 2.26. The Bertz CT molecular complexity index is 910. The molecule has 0 aliphatic rings. The number of benzene rings is 3. The summed E-state index contributed by atoms with van der Waals surface area (Å²) in [7, 11) is 0. The van der Waals surface area contributed by atoms with E-state index in [1.807, 2.05) is 23.5 Å². The number of alkyl halides is 2. The fraction of sp³-hybridized carbons (Fsp3) is 0.190. The first-order chi connectivity index (χ1) is 13.0. The molecule has 0 heterocycles. The number of rotatable bonds is 7. The lowest BCUT2D eigenvalue weighted by atomic mass is 10.00. The van der Waals surface area contributed by atoms with Gasteiger partial charge in [-0.3, -0.25) is 4.79 Å². The van der Waals surface area contributed by atoms with E-state index in [0.29, 0.717) is 22.3 Å². The topological polar surface area (TPSA) is 45.7 Å². The summed E-state index contributed by atoms with van der Waals surface area (Å²) in [5.74, 6) is -2.58. The average Bonchev–Trinajstić information content (AvgIpc) is 2.67. The Labute approximate surface area is 161 Å². The van der Waals surface area contributed by atoms with Gasteiger partial charge in [0.15, 0.2) is 6.54 Å². The summed E-state index contributed by atoms with van der Waals surface area (Å²) in [5, 5.41) is 7.16. The zero-order valence-corrected chi connectivity index (χ0v) is 15.7. The highest BCUT2D eigenvalue weighted by atomic mass is 32.2. The number of carbonyl (C=O) groups excluding carboxylic acids is 1. The second-order valence-electron chi connectivity index (χ2n) is 6.25. The normalized spacial score (nSPS) is 12.3. The lowest BCUT2D eigenvalue weighted by Gasteiger charge is -2.14. The molecule has 3 nitrogen and oxygen atoms in total. The van der Waals surface area contributed by atoms with Gasteiger partial charge < -0.3 is 10.6 Å². The number of nitrogens with one attached hydrogen (secondary N) is 1. The molecule has 0 aliphatic heterocycles. The second-order valence-corrected chi connectivity index (χ2v) is 7.31. The molecular weight excluding hydrogens is 366 g/mol. The maximum Gasteiger partial charge on any atom is 0.288 e. The summed E-state index contributed by atoms with van der Waals surface area (Å²) >= 11 is 0.486. The molecule has 0 saturated carbocycles. The van der Waals surface area contributed by atoms with Crippen LogP contribution in [0.4, 0.5) is 14.5 Å². The molecule has 27 heavy (non-hydrogen) atoms. The van der Waals surface area contributed by atoms with Crippen molar-refractivity contribution in [3.63, 3.8) is 0 Å². The van der Waals surface area contributed by atoms with E-state index in [9.17, 15) is 13.6 Å². The summed E-state index contributed by atoms with van der Waals surface area (Å²) < 4.78 is 24.7. The Morgan fingerprint density at radius 3 is 2.48 bits per heavy atom. The zero-order valence-electron chi connectivity index (χ0n) is 14.9. The van der Waals surface area contributed by atoms with Gasteiger partial charge in [0.25, 0.3) is 11.7 Å². The van der Waals surface area contributed by atoms with Crippen molar-refractivity contribution in [1.29, 1.82) is 0 Å². The molecule has 0 spiro atoms. The van der Waals surface area contributed by atoms with E-state index in [1.54, 1.807) is 24.3 Å². The van der Waals surface area contributed by atoms with Crippen LogP contribution in [0.5, 0.6) is 0 Å². The van der Waals surface area contributed by atoms with E-state index in [1.165, 1.54) is 16.3 Å². The standard InChI is InChI=1S/C21H20F2N2OS/c1-14(18-8-4-6-15-5-2-3-7-19(15)18)24-13-20(26)25-16-9-11-17(12-10-16)27-21(22)23/h2-12,14,21,24H,13H2,1H3,(H,25,26)/p+1/t14-/m0/s1. The first-order valence-electron chi connectivity index (χ1n) is 8.68. The molecule has 0 fully saturated rings. The highest BCUT2D eigenvalue weighted by molar-refractivity contribution is 7.99. The van der Waals surface area contributed by atoms with Gasteiger partial charge in [-0.25, -0.2) is 0 Å². The molecular formula is C21H21F2N2OS+. The van der Waals surface area contributed by atoms with Gasteiger partial charge in [-0.15, -0.1) is 0 Å². The number of halogens is 2. The van der Waals surface area contributed by atoms with Crippen molar-refractivity contribution in [3.05, 3.63) is 72.3 Å². The minimum Gasteiger partial charge on any atom is -0.332 e. The number of nitrogens with two attached hydrogens (primary N) is 1. The van der Waals surface area contributed by atoms with Crippen LogP contribution in [0.2, 0.25) is 0 Å². The smallest absolute Gasteiger partial charge is 0.288 e. The Balaban J connectivity index is 1.57. The summed E-state index contributed by atoms with van der Waals surface area (Å²) in [4.78, 5) is 12.7. The fourth-order valence-corrected chi connectivity index (χ4v) is 3.49. The minimum atomic E-state index is -2.45. The Kier molecular flexibility index (Phi) is 6.42. The molecule has 3 aromatic carbocycles. The van der Waals surface area contributed by atoms with E-state index in [4.69, 9.17) is 0 Å². The summed E-state index contributed by atoms with van der Waals surface area (Å²) in [6, 6.07) is 20.9. The minimum absolute atomic E-state index is 0.128. The second kappa shape index (κ2) is 8.97. The van der Waals surface area contributed by atoms with Crippen molar-refractivity contribution >= 4 is 34.1 Å². The number of quaternary nitrogens is 1. The molecule has 0 aliphatic carbocycles. The van der Waals surface area contributed by atoms with E-state index in [2.05, 4.69) is 36.5 Å². The van der Waals surface area contributed by atoms with E-state index < -0.39 is 5.76 Å². The Hall–Kier alpha value is -2.44. The number of hydrogen-bond acceptors (Lipinski definition) is 2. The Morgan fingerprint density at radius 2 is 1.74 bits per heavy atom. The van der Waals surface area contributed by atoms with Gasteiger partial charge >= 0.3 is 0 Å². The molecule has 0 radical (unpaired) electrons. The van der Waals surface area contributed by atoms with Crippen molar-refractivity contribution < 1.29 is 18.9 Å². The van der Waals surface area contributed by atoms with E-state index in [-0.39, 0.29) is 18.5 Å². The van der Waals surface area contributed by atoms with Crippen molar-refractivity contribution in [2.45, 2.75) is 23.6 Å². The molecule has 1 atom stereocenters. The van der Waals surface area contributed by atoms with Crippen molar-refractivity contribution in [2.75, 3.05) is 11.9 Å². The quantitative estimate of drug-likeness (QED) is 0.590. The summed E-state index contributed by atoms with van der Waals surface area (Å²) in [6.07, 6.45) is 0. The first-order valence-corrected chi connectivity index (χ1v) is 9.56. The van der Waals surface area contributed by atoms with Gasteiger partial charge in [0.1, 0.15) is 6.04 Å². The van der Waals surface area contributed by atoms with Gasteiger partial charge in [-0.2, -0.15) is 8.78 Å². The van der Waals surface area contributed by atoms with Crippen LogP contribution >= 0.6 is 11.8 Å². The lowest BCUT2D eigenvalue weighted by molar-refractivity contribution is -0.682. The largest absolute Gasteiger partial charge is 0.332 e. The van der Waals surface area contributed by atoms with E-state index >= 15 is 0 Å². The van der Waals surface area contributed by atoms with Gasteiger partial charge in [0, 0.05) is 16.1 Å². The molecule has 140 valence electrons. The van der Waals surface area contributed by atoms with Crippen LogP contribution in [0.15, 0.2) is 71.6 Å². The third kappa shape index (κ3) is 5.28. The number of amides is 1. The number of hydrogen-bond donors (Lipinski definition) is 2. The van der Waals surface area contributed by atoms with Crippen LogP contribution in [0.25, 0.3) is 10.8 Å². The monoisotopic (exact) mass is 387 g/mol. The summed E-state index contributed by atoms with van der Waals surface area (Å²) in [6.45, 7) is 2.35. The molecule has 3 rings (SSSR count). The van der Waals surface area contributed by atoms with Crippen LogP contribution in [-0.4, -0.2) is 18.2 Å². The van der Waals surface area contributed by atoms with Crippen LogP contribution in [0.1, 0.15) is 18.5 Å². The predicted octanol–water partition coefficient (Wildman–Crippen LogP) is 4.42. The van der Waals surface area contributed by atoms with Crippen LogP contribution in [-0.2, 0) is 4.79 Å². The van der Waals surface area contributed by atoms with Crippen molar-refractivity contribution in [1.82, 2.24) is 0 Å². The van der Waals surface area contributed by atoms with Gasteiger partial charge in [-0.05, 0) is 42.0 Å². The van der Waals surface area contributed by atoms with Gasteiger partial charge in [0.05, 0.1) is 0 Å². The maximum atomic E-state index is 12.3. The summed E-state index contributed by atoms with van der Waals surface area (Å²) in [5.41, 5.74) is 1.79.